The van der Waals surface area contributed by atoms with Crippen LogP contribution < -0.4 is 11.1 Å². The van der Waals surface area contributed by atoms with Gasteiger partial charge in [0, 0.05) is 30.2 Å². The molecule has 2 aromatic heterocycles. The van der Waals surface area contributed by atoms with Crippen LogP contribution in [0.2, 0.25) is 5.02 Å². The first kappa shape index (κ1) is 28.0. The molecule has 0 radical (unpaired) electrons. The lowest BCUT2D eigenvalue weighted by atomic mass is 9.97. The molecule has 0 amide bonds. The number of nitrogen functional groups attached to an aromatic ring is 1. The molecule has 4 aromatic rings. The van der Waals surface area contributed by atoms with Gasteiger partial charge in [0.2, 0.25) is 11.8 Å². The minimum absolute atomic E-state index is 0.0431. The van der Waals surface area contributed by atoms with Gasteiger partial charge in [-0.3, -0.25) is 0 Å². The van der Waals surface area contributed by atoms with E-state index < -0.39 is 9.84 Å². The SMILES string of the molecule is CC(C)(C)c1nnc(-c2cnc(Nc3ccc(S(C)(=O)=O)c(Cl)c3)nc2N)o1.OCCc1ccccc1. The van der Waals surface area contributed by atoms with Gasteiger partial charge in [-0.2, -0.15) is 4.98 Å². The Morgan fingerprint density at radius 1 is 1.11 bits per heavy atom. The van der Waals surface area contributed by atoms with Crippen molar-refractivity contribution in [2.75, 3.05) is 23.9 Å². The van der Waals surface area contributed by atoms with Crippen LogP contribution in [0.25, 0.3) is 11.5 Å². The molecule has 0 saturated heterocycles. The highest BCUT2D eigenvalue weighted by Gasteiger charge is 2.23. The number of hydrogen-bond donors (Lipinski definition) is 3. The summed E-state index contributed by atoms with van der Waals surface area (Å²) in [7, 11) is -3.41. The number of sulfone groups is 1. The van der Waals surface area contributed by atoms with Gasteiger partial charge in [0.1, 0.15) is 5.82 Å². The second kappa shape index (κ2) is 11.7. The molecule has 10 nitrogen and oxygen atoms in total. The van der Waals surface area contributed by atoms with Crippen molar-refractivity contribution in [3.05, 3.63) is 71.2 Å². The predicted octanol–water partition coefficient (Wildman–Crippen LogP) is 4.43. The largest absolute Gasteiger partial charge is 0.420 e. The van der Waals surface area contributed by atoms with E-state index in [-0.39, 0.29) is 39.6 Å². The van der Waals surface area contributed by atoms with Gasteiger partial charge in [0.05, 0.1) is 15.5 Å². The third-order valence-corrected chi connectivity index (χ3v) is 6.53. The molecule has 0 atom stereocenters. The molecule has 0 aliphatic carbocycles. The van der Waals surface area contributed by atoms with Crippen molar-refractivity contribution in [2.45, 2.75) is 37.5 Å². The van der Waals surface area contributed by atoms with Crippen LogP contribution in [-0.2, 0) is 21.7 Å². The second-order valence-corrected chi connectivity index (χ2v) is 11.5. The summed E-state index contributed by atoms with van der Waals surface area (Å²) >= 11 is 6.04. The monoisotopic (exact) mass is 544 g/mol. The Bertz CT molecular complexity index is 1450. The maximum Gasteiger partial charge on any atom is 0.253 e. The lowest BCUT2D eigenvalue weighted by Gasteiger charge is -2.11. The first-order valence-corrected chi connectivity index (χ1v) is 13.5. The van der Waals surface area contributed by atoms with Crippen molar-refractivity contribution < 1.29 is 17.9 Å². The molecule has 0 fully saturated rings. The lowest BCUT2D eigenvalue weighted by Crippen LogP contribution is -2.11. The van der Waals surface area contributed by atoms with Crippen LogP contribution >= 0.6 is 11.6 Å². The minimum atomic E-state index is -3.41. The smallest absolute Gasteiger partial charge is 0.253 e. The third kappa shape index (κ3) is 7.72. The fourth-order valence-electron chi connectivity index (χ4n) is 3.04. The highest BCUT2D eigenvalue weighted by molar-refractivity contribution is 7.90. The predicted molar refractivity (Wildman–Crippen MR) is 144 cm³/mol. The molecule has 196 valence electrons. The molecule has 2 aromatic carbocycles. The number of anilines is 3. The normalized spacial score (nSPS) is 11.5. The molecular formula is C25H29ClN6O4S. The van der Waals surface area contributed by atoms with Gasteiger partial charge in [0.25, 0.3) is 5.89 Å². The average molecular weight is 545 g/mol. The number of nitrogens with zero attached hydrogens (tertiary/aromatic N) is 4. The molecule has 0 unspecified atom stereocenters. The van der Waals surface area contributed by atoms with Crippen molar-refractivity contribution in [1.82, 2.24) is 20.2 Å². The maximum atomic E-state index is 11.6. The van der Waals surface area contributed by atoms with Gasteiger partial charge in [-0.05, 0) is 30.2 Å². The zero-order valence-corrected chi connectivity index (χ0v) is 22.5. The number of nitrogens with one attached hydrogen (secondary N) is 1. The summed E-state index contributed by atoms with van der Waals surface area (Å²) in [5, 5.41) is 19.6. The number of nitrogens with two attached hydrogens (primary N) is 1. The van der Waals surface area contributed by atoms with Crippen LogP contribution in [0.1, 0.15) is 32.2 Å². The van der Waals surface area contributed by atoms with Gasteiger partial charge < -0.3 is 20.6 Å². The fraction of sp³-hybridized carbons (Fsp3) is 0.280. The van der Waals surface area contributed by atoms with E-state index in [1.807, 2.05) is 51.1 Å². The van der Waals surface area contributed by atoms with Crippen LogP contribution in [0.4, 0.5) is 17.5 Å². The second-order valence-electron chi connectivity index (χ2n) is 9.16. The van der Waals surface area contributed by atoms with Crippen molar-refractivity contribution >= 4 is 38.9 Å². The van der Waals surface area contributed by atoms with Gasteiger partial charge in [-0.1, -0.05) is 62.7 Å². The van der Waals surface area contributed by atoms with E-state index in [1.165, 1.54) is 23.9 Å². The zero-order chi connectivity index (χ0) is 27.2. The summed E-state index contributed by atoms with van der Waals surface area (Å²) in [4.78, 5) is 8.42. The molecule has 0 saturated carbocycles. The first-order chi connectivity index (χ1) is 17.4. The van der Waals surface area contributed by atoms with E-state index in [2.05, 4.69) is 25.5 Å². The van der Waals surface area contributed by atoms with Crippen LogP contribution in [0, 0.1) is 0 Å². The molecule has 4 rings (SSSR count). The lowest BCUT2D eigenvalue weighted by molar-refractivity contribution is 0.299. The number of hydrogen-bond acceptors (Lipinski definition) is 10. The standard InChI is InChI=1S/C17H19ClN6O3S.C8H10O/c1-17(2,3)15-24-23-14(27-15)10-8-20-16(22-13(10)19)21-9-5-6-12(11(18)7-9)28(4,25)26;9-7-6-8-4-2-1-3-5-8/h5-8H,1-4H3,(H3,19,20,21,22);1-5,9H,6-7H2. The van der Waals surface area contributed by atoms with Crippen LogP contribution in [0.15, 0.2) is 64.0 Å². The van der Waals surface area contributed by atoms with E-state index in [0.29, 0.717) is 17.1 Å². The van der Waals surface area contributed by atoms with Gasteiger partial charge in [-0.15, -0.1) is 10.2 Å². The van der Waals surface area contributed by atoms with E-state index in [4.69, 9.17) is 26.9 Å². The molecule has 12 heteroatoms. The Morgan fingerprint density at radius 3 is 2.35 bits per heavy atom. The summed E-state index contributed by atoms with van der Waals surface area (Å²) < 4.78 is 28.9. The number of aliphatic hydroxyl groups is 1. The number of aromatic nitrogens is 4. The molecule has 4 N–H and O–H groups in total. The van der Waals surface area contributed by atoms with E-state index in [0.717, 1.165) is 12.7 Å². The molecule has 0 aliphatic heterocycles. The van der Waals surface area contributed by atoms with Crippen molar-refractivity contribution in [1.29, 1.82) is 0 Å². The van der Waals surface area contributed by atoms with E-state index >= 15 is 0 Å². The average Bonchev–Trinajstić information content (AvgIpc) is 3.30. The molecule has 0 spiro atoms. The van der Waals surface area contributed by atoms with Gasteiger partial charge >= 0.3 is 0 Å². The quantitative estimate of drug-likeness (QED) is 0.317. The Balaban J connectivity index is 0.000000356. The summed E-state index contributed by atoms with van der Waals surface area (Å²) in [6, 6.07) is 14.4. The number of rotatable bonds is 6. The summed E-state index contributed by atoms with van der Waals surface area (Å²) in [6.07, 6.45) is 3.32. The van der Waals surface area contributed by atoms with Crippen molar-refractivity contribution in [3.63, 3.8) is 0 Å². The zero-order valence-electron chi connectivity index (χ0n) is 20.9. The minimum Gasteiger partial charge on any atom is -0.420 e. The fourth-order valence-corrected chi connectivity index (χ4v) is 4.37. The topological polar surface area (TPSA) is 157 Å². The summed E-state index contributed by atoms with van der Waals surface area (Å²) in [6.45, 7) is 6.11. The Morgan fingerprint density at radius 2 is 1.81 bits per heavy atom. The van der Waals surface area contributed by atoms with Crippen molar-refractivity contribution in [2.24, 2.45) is 0 Å². The number of aliphatic hydroxyl groups excluding tert-OH is 1. The number of benzene rings is 2. The molecule has 0 bridgehead atoms. The summed E-state index contributed by atoms with van der Waals surface area (Å²) in [5.74, 6) is 1.07. The summed E-state index contributed by atoms with van der Waals surface area (Å²) in [5.41, 5.74) is 7.84. The van der Waals surface area contributed by atoms with E-state index in [9.17, 15) is 8.42 Å². The maximum absolute atomic E-state index is 11.6. The Hall–Kier alpha value is -3.54. The Kier molecular flexibility index (Phi) is 8.85. The van der Waals surface area contributed by atoms with Crippen LogP contribution in [-0.4, -0.2) is 46.6 Å². The van der Waals surface area contributed by atoms with Gasteiger partial charge in [-0.25, -0.2) is 13.4 Å². The molecule has 37 heavy (non-hydrogen) atoms. The molecule has 0 aliphatic rings. The number of halogens is 1. The molecule has 2 heterocycles. The highest BCUT2D eigenvalue weighted by atomic mass is 35.5. The van der Waals surface area contributed by atoms with Gasteiger partial charge in [0.15, 0.2) is 9.84 Å². The molecular weight excluding hydrogens is 516 g/mol. The third-order valence-electron chi connectivity index (χ3n) is 4.95. The van der Waals surface area contributed by atoms with Crippen LogP contribution in [0.5, 0.6) is 0 Å². The highest BCUT2D eigenvalue weighted by Crippen LogP contribution is 2.29. The van der Waals surface area contributed by atoms with E-state index in [1.54, 1.807) is 6.07 Å². The first-order valence-electron chi connectivity index (χ1n) is 11.3. The van der Waals surface area contributed by atoms with Crippen LogP contribution in [0.3, 0.4) is 0 Å². The Labute approximate surface area is 220 Å². The van der Waals surface area contributed by atoms with Crippen molar-refractivity contribution in [3.8, 4) is 11.5 Å².